The molecule has 4 nitrogen and oxygen atoms in total. The molecule has 1 rings (SSSR count). The number of rotatable bonds is 2. The molecule has 0 unspecified atom stereocenters. The third-order valence-electron chi connectivity index (χ3n) is 1.55. The highest BCUT2D eigenvalue weighted by atomic mass is 127. The van der Waals surface area contributed by atoms with Crippen molar-refractivity contribution in [2.24, 2.45) is 5.73 Å². The van der Waals surface area contributed by atoms with Crippen molar-refractivity contribution in [1.29, 1.82) is 0 Å². The van der Waals surface area contributed by atoms with Crippen LogP contribution in [0.3, 0.4) is 0 Å². The third-order valence-corrected chi connectivity index (χ3v) is 2.75. The molecule has 0 spiro atoms. The molecule has 0 aromatic carbocycles. The summed E-state index contributed by atoms with van der Waals surface area (Å²) in [6, 6.07) is 0. The Bertz CT molecular complexity index is 383. The second-order valence-corrected chi connectivity index (χ2v) is 3.53. The second kappa shape index (κ2) is 4.03. The summed E-state index contributed by atoms with van der Waals surface area (Å²) in [6.45, 7) is 0. The Labute approximate surface area is 91.8 Å². The van der Waals surface area contributed by atoms with Crippen LogP contribution < -0.4 is 11.5 Å². The number of halogens is 3. The molecule has 7 heteroatoms. The van der Waals surface area contributed by atoms with Crippen LogP contribution in [0.2, 0.25) is 0 Å². The van der Waals surface area contributed by atoms with Gasteiger partial charge in [0.25, 0.3) is 12.3 Å². The highest BCUT2D eigenvalue weighted by Gasteiger charge is 2.18. The lowest BCUT2D eigenvalue weighted by atomic mass is 10.2. The van der Waals surface area contributed by atoms with Crippen molar-refractivity contribution < 1.29 is 13.6 Å². The van der Waals surface area contributed by atoms with Crippen molar-refractivity contribution in [2.45, 2.75) is 6.43 Å². The number of alkyl halides is 2. The largest absolute Gasteiger partial charge is 0.396 e. The van der Waals surface area contributed by atoms with Gasteiger partial charge in [0.05, 0.1) is 11.3 Å². The van der Waals surface area contributed by atoms with Gasteiger partial charge >= 0.3 is 0 Å². The Hall–Kier alpha value is -0.990. The zero-order valence-corrected chi connectivity index (χ0v) is 8.96. The van der Waals surface area contributed by atoms with Gasteiger partial charge in [0.15, 0.2) is 5.69 Å². The SMILES string of the molecule is NC(=O)c1ncc(C(F)F)c(I)c1N. The first kappa shape index (κ1) is 11.1. The predicted molar refractivity (Wildman–Crippen MR) is 54.8 cm³/mol. The van der Waals surface area contributed by atoms with Crippen LogP contribution in [0.15, 0.2) is 6.20 Å². The summed E-state index contributed by atoms with van der Waals surface area (Å²) in [5, 5.41) is 0. The van der Waals surface area contributed by atoms with Gasteiger partial charge in [-0.05, 0) is 22.6 Å². The van der Waals surface area contributed by atoms with Gasteiger partial charge in [0.1, 0.15) is 0 Å². The van der Waals surface area contributed by atoms with Crippen LogP contribution in [0.25, 0.3) is 0 Å². The van der Waals surface area contributed by atoms with Crippen LogP contribution in [-0.4, -0.2) is 10.9 Å². The molecule has 1 aromatic rings. The predicted octanol–water partition coefficient (Wildman–Crippen LogP) is 1.30. The summed E-state index contributed by atoms with van der Waals surface area (Å²) in [5.74, 6) is -0.832. The Balaban J connectivity index is 3.33. The van der Waals surface area contributed by atoms with Gasteiger partial charge in [0.2, 0.25) is 0 Å². The van der Waals surface area contributed by atoms with E-state index in [0.29, 0.717) is 0 Å². The minimum absolute atomic E-state index is 0.101. The summed E-state index contributed by atoms with van der Waals surface area (Å²) < 4.78 is 24.8. The lowest BCUT2D eigenvalue weighted by molar-refractivity contribution is 0.0995. The van der Waals surface area contributed by atoms with Crippen molar-refractivity contribution >= 4 is 34.2 Å². The Morgan fingerprint density at radius 3 is 2.57 bits per heavy atom. The molecule has 0 aliphatic heterocycles. The van der Waals surface area contributed by atoms with Gasteiger partial charge in [-0.1, -0.05) is 0 Å². The van der Waals surface area contributed by atoms with Crippen LogP contribution in [0.4, 0.5) is 14.5 Å². The first-order valence-electron chi connectivity index (χ1n) is 3.47. The summed E-state index contributed by atoms with van der Waals surface area (Å²) >= 11 is 1.63. The fourth-order valence-corrected chi connectivity index (χ4v) is 1.50. The summed E-state index contributed by atoms with van der Waals surface area (Å²) in [7, 11) is 0. The van der Waals surface area contributed by atoms with E-state index in [-0.39, 0.29) is 20.5 Å². The van der Waals surface area contributed by atoms with Crippen molar-refractivity contribution in [1.82, 2.24) is 4.98 Å². The zero-order valence-electron chi connectivity index (χ0n) is 6.80. The standard InChI is InChI=1S/C7H6F2IN3O/c8-6(9)2-1-13-5(7(12)14)4(11)3(2)10/h1,6H,11H2,(H2,12,14). The number of anilines is 1. The highest BCUT2D eigenvalue weighted by Crippen LogP contribution is 2.28. The molecule has 0 radical (unpaired) electrons. The average Bonchev–Trinajstić information content (AvgIpc) is 2.08. The number of primary amides is 1. The quantitative estimate of drug-likeness (QED) is 0.808. The summed E-state index contributed by atoms with van der Waals surface area (Å²) in [5.41, 5.74) is 9.77. The molecule has 0 saturated heterocycles. The van der Waals surface area contributed by atoms with Gasteiger partial charge < -0.3 is 11.5 Å². The first-order chi connectivity index (χ1) is 6.45. The Morgan fingerprint density at radius 1 is 1.57 bits per heavy atom. The Morgan fingerprint density at radius 2 is 2.14 bits per heavy atom. The van der Waals surface area contributed by atoms with Crippen LogP contribution in [0.5, 0.6) is 0 Å². The van der Waals surface area contributed by atoms with Crippen molar-refractivity contribution in [3.05, 3.63) is 21.0 Å². The van der Waals surface area contributed by atoms with Gasteiger partial charge in [-0.2, -0.15) is 0 Å². The molecular formula is C7H6F2IN3O. The van der Waals surface area contributed by atoms with Crippen LogP contribution in [-0.2, 0) is 0 Å². The third kappa shape index (κ3) is 1.91. The minimum atomic E-state index is -2.67. The maximum Gasteiger partial charge on any atom is 0.269 e. The van der Waals surface area contributed by atoms with E-state index < -0.39 is 12.3 Å². The molecule has 76 valence electrons. The van der Waals surface area contributed by atoms with E-state index in [1.165, 1.54) is 0 Å². The number of aromatic nitrogens is 1. The van der Waals surface area contributed by atoms with E-state index in [2.05, 4.69) is 4.98 Å². The van der Waals surface area contributed by atoms with Crippen molar-refractivity contribution in [3.8, 4) is 0 Å². The topological polar surface area (TPSA) is 82.0 Å². The molecule has 0 fully saturated rings. The highest BCUT2D eigenvalue weighted by molar-refractivity contribution is 14.1. The number of hydrogen-bond donors (Lipinski definition) is 2. The number of hydrogen-bond acceptors (Lipinski definition) is 3. The van der Waals surface area contributed by atoms with E-state index in [1.807, 2.05) is 0 Å². The fraction of sp³-hybridized carbons (Fsp3) is 0.143. The van der Waals surface area contributed by atoms with E-state index in [1.54, 1.807) is 22.6 Å². The van der Waals surface area contributed by atoms with Crippen LogP contribution >= 0.6 is 22.6 Å². The fourth-order valence-electron chi connectivity index (χ4n) is 0.868. The van der Waals surface area contributed by atoms with Gasteiger partial charge in [-0.15, -0.1) is 0 Å². The average molecular weight is 313 g/mol. The molecule has 0 aliphatic carbocycles. The van der Waals surface area contributed by atoms with Gasteiger partial charge in [-0.25, -0.2) is 13.8 Å². The lowest BCUT2D eigenvalue weighted by Gasteiger charge is -2.07. The Kier molecular flexibility index (Phi) is 3.19. The number of nitrogens with two attached hydrogens (primary N) is 2. The van der Waals surface area contributed by atoms with E-state index in [0.717, 1.165) is 6.20 Å². The molecular weight excluding hydrogens is 307 g/mol. The molecule has 0 aliphatic rings. The minimum Gasteiger partial charge on any atom is -0.396 e. The molecule has 0 saturated carbocycles. The first-order valence-corrected chi connectivity index (χ1v) is 4.54. The lowest BCUT2D eigenvalue weighted by Crippen LogP contribution is -2.17. The van der Waals surface area contributed by atoms with E-state index in [9.17, 15) is 13.6 Å². The molecule has 1 heterocycles. The number of nitrogen functional groups attached to an aromatic ring is 1. The maximum absolute atomic E-state index is 12.3. The summed E-state index contributed by atoms with van der Waals surface area (Å²) in [4.78, 5) is 14.2. The number of carbonyl (C=O) groups excluding carboxylic acids is 1. The normalized spacial score (nSPS) is 10.6. The van der Waals surface area contributed by atoms with Gasteiger partial charge in [0, 0.05) is 9.77 Å². The van der Waals surface area contributed by atoms with E-state index >= 15 is 0 Å². The van der Waals surface area contributed by atoms with Crippen LogP contribution in [0, 0.1) is 3.57 Å². The molecule has 14 heavy (non-hydrogen) atoms. The van der Waals surface area contributed by atoms with Crippen molar-refractivity contribution in [2.75, 3.05) is 5.73 Å². The zero-order chi connectivity index (χ0) is 10.9. The monoisotopic (exact) mass is 313 g/mol. The van der Waals surface area contributed by atoms with Gasteiger partial charge in [-0.3, -0.25) is 4.79 Å². The number of amides is 1. The molecule has 0 atom stereocenters. The maximum atomic E-state index is 12.3. The number of pyridine rings is 1. The number of carbonyl (C=O) groups is 1. The van der Waals surface area contributed by atoms with Crippen LogP contribution in [0.1, 0.15) is 22.5 Å². The van der Waals surface area contributed by atoms with E-state index in [4.69, 9.17) is 11.5 Å². The molecule has 1 aromatic heterocycles. The summed E-state index contributed by atoms with van der Waals surface area (Å²) in [6.07, 6.45) is -1.76. The second-order valence-electron chi connectivity index (χ2n) is 2.45. The molecule has 4 N–H and O–H groups in total. The molecule has 0 bridgehead atoms. The smallest absolute Gasteiger partial charge is 0.269 e. The number of nitrogens with zero attached hydrogens (tertiary/aromatic N) is 1. The molecule has 1 amide bonds. The van der Waals surface area contributed by atoms with Crippen molar-refractivity contribution in [3.63, 3.8) is 0 Å².